The molecule has 0 atom stereocenters. The quantitative estimate of drug-likeness (QED) is 0.679. The molecule has 0 aliphatic heterocycles. The van der Waals surface area contributed by atoms with Crippen LogP contribution in [-0.2, 0) is 5.88 Å². The van der Waals surface area contributed by atoms with E-state index >= 15 is 0 Å². The maximum absolute atomic E-state index is 13.4. The van der Waals surface area contributed by atoms with Gasteiger partial charge in [0.1, 0.15) is 5.56 Å². The second-order valence-electron chi connectivity index (χ2n) is 2.75. The summed E-state index contributed by atoms with van der Waals surface area (Å²) in [5, 5.41) is 8.56. The highest BCUT2D eigenvalue weighted by Crippen LogP contribution is 2.30. The number of halogens is 5. The Bertz CT molecular complexity index is 449. The van der Waals surface area contributed by atoms with Crippen LogP contribution in [0.3, 0.4) is 0 Å². The Morgan fingerprint density at radius 1 is 1.53 bits per heavy atom. The van der Waals surface area contributed by atoms with Crippen molar-refractivity contribution in [2.45, 2.75) is 12.2 Å². The lowest BCUT2D eigenvalue weighted by Gasteiger charge is -2.12. The standard InChI is InChI=1S/C8H4ClF4NO3/c9-1-4-5(10)6(17-8(11,12)13)3(2-14-4)7(15)16/h2H,1H2,(H,15,16). The predicted molar refractivity (Wildman–Crippen MR) is 47.4 cm³/mol. The van der Waals surface area contributed by atoms with E-state index in [1.54, 1.807) is 0 Å². The van der Waals surface area contributed by atoms with Crippen molar-refractivity contribution in [1.82, 2.24) is 4.98 Å². The summed E-state index contributed by atoms with van der Waals surface area (Å²) in [6.45, 7) is 0. The second kappa shape index (κ2) is 4.74. The fourth-order valence-corrected chi connectivity index (χ4v) is 1.15. The largest absolute Gasteiger partial charge is 0.573 e. The zero-order chi connectivity index (χ0) is 13.2. The van der Waals surface area contributed by atoms with Crippen molar-refractivity contribution in [2.75, 3.05) is 0 Å². The van der Waals surface area contributed by atoms with Gasteiger partial charge in [-0.15, -0.1) is 24.8 Å². The summed E-state index contributed by atoms with van der Waals surface area (Å²) >= 11 is 5.22. The summed E-state index contributed by atoms with van der Waals surface area (Å²) in [5.41, 5.74) is -1.57. The number of carbonyl (C=O) groups is 1. The van der Waals surface area contributed by atoms with Gasteiger partial charge in [0.2, 0.25) is 0 Å². The van der Waals surface area contributed by atoms with Gasteiger partial charge in [0.25, 0.3) is 0 Å². The molecule has 1 aromatic rings. The average molecular weight is 274 g/mol. The number of nitrogens with zero attached hydrogens (tertiary/aromatic N) is 1. The summed E-state index contributed by atoms with van der Waals surface area (Å²) in [5.74, 6) is -5.30. The van der Waals surface area contributed by atoms with Crippen LogP contribution in [0.15, 0.2) is 6.20 Å². The molecule has 4 nitrogen and oxygen atoms in total. The minimum absolute atomic E-state index is 0.514. The monoisotopic (exact) mass is 273 g/mol. The number of pyridine rings is 1. The number of aromatic nitrogens is 1. The van der Waals surface area contributed by atoms with Gasteiger partial charge in [-0.25, -0.2) is 9.18 Å². The first kappa shape index (κ1) is 13.5. The lowest BCUT2D eigenvalue weighted by atomic mass is 10.2. The smallest absolute Gasteiger partial charge is 0.477 e. The topological polar surface area (TPSA) is 59.4 Å². The van der Waals surface area contributed by atoms with Crippen LogP contribution in [0.5, 0.6) is 5.75 Å². The first-order valence-corrected chi connectivity index (χ1v) is 4.52. The molecule has 1 aromatic heterocycles. The molecule has 0 saturated carbocycles. The Hall–Kier alpha value is -1.57. The van der Waals surface area contributed by atoms with Crippen molar-refractivity contribution < 1.29 is 32.2 Å². The molecular formula is C8H4ClF4NO3. The zero-order valence-corrected chi connectivity index (χ0v) is 8.64. The van der Waals surface area contributed by atoms with Gasteiger partial charge in [0, 0.05) is 6.20 Å². The highest BCUT2D eigenvalue weighted by molar-refractivity contribution is 6.16. The van der Waals surface area contributed by atoms with Crippen LogP contribution in [-0.4, -0.2) is 22.4 Å². The fourth-order valence-electron chi connectivity index (χ4n) is 0.968. The van der Waals surface area contributed by atoms with E-state index in [2.05, 4.69) is 9.72 Å². The molecule has 0 radical (unpaired) electrons. The molecule has 0 unspecified atom stereocenters. The number of hydrogen-bond donors (Lipinski definition) is 1. The normalized spacial score (nSPS) is 11.4. The number of ether oxygens (including phenoxy) is 1. The molecule has 17 heavy (non-hydrogen) atoms. The van der Waals surface area contributed by atoms with E-state index < -0.39 is 41.0 Å². The lowest BCUT2D eigenvalue weighted by Crippen LogP contribution is -2.21. The van der Waals surface area contributed by atoms with Crippen molar-refractivity contribution in [1.29, 1.82) is 0 Å². The van der Waals surface area contributed by atoms with Crippen LogP contribution in [0.1, 0.15) is 16.1 Å². The second-order valence-corrected chi connectivity index (χ2v) is 3.02. The van der Waals surface area contributed by atoms with Gasteiger partial charge in [0.05, 0.1) is 11.6 Å². The average Bonchev–Trinajstić information content (AvgIpc) is 2.18. The van der Waals surface area contributed by atoms with Crippen LogP contribution in [0, 0.1) is 5.82 Å². The Morgan fingerprint density at radius 3 is 2.53 bits per heavy atom. The SMILES string of the molecule is O=C(O)c1cnc(CCl)c(F)c1OC(F)(F)F. The summed E-state index contributed by atoms with van der Waals surface area (Å²) in [6.07, 6.45) is -4.67. The molecule has 0 aromatic carbocycles. The van der Waals surface area contributed by atoms with Crippen LogP contribution < -0.4 is 4.74 Å². The van der Waals surface area contributed by atoms with Crippen LogP contribution in [0.25, 0.3) is 0 Å². The van der Waals surface area contributed by atoms with Gasteiger partial charge >= 0.3 is 12.3 Å². The number of aromatic carboxylic acids is 1. The molecular weight excluding hydrogens is 270 g/mol. The molecule has 0 spiro atoms. The molecule has 0 fully saturated rings. The molecule has 9 heteroatoms. The van der Waals surface area contributed by atoms with E-state index in [0.717, 1.165) is 0 Å². The third kappa shape index (κ3) is 3.19. The molecule has 1 heterocycles. The van der Waals surface area contributed by atoms with Gasteiger partial charge in [-0.2, -0.15) is 0 Å². The van der Waals surface area contributed by atoms with E-state index in [1.165, 1.54) is 0 Å². The van der Waals surface area contributed by atoms with Crippen molar-refractivity contribution in [3.05, 3.63) is 23.3 Å². The number of hydrogen-bond acceptors (Lipinski definition) is 3. The van der Waals surface area contributed by atoms with Crippen molar-refractivity contribution in [2.24, 2.45) is 0 Å². The molecule has 0 saturated heterocycles. The van der Waals surface area contributed by atoms with E-state index in [-0.39, 0.29) is 0 Å². The van der Waals surface area contributed by atoms with Gasteiger partial charge in [-0.1, -0.05) is 0 Å². The third-order valence-electron chi connectivity index (χ3n) is 1.62. The molecule has 1 N–H and O–H groups in total. The van der Waals surface area contributed by atoms with Crippen LogP contribution in [0.4, 0.5) is 17.6 Å². The number of rotatable bonds is 3. The zero-order valence-electron chi connectivity index (χ0n) is 7.89. The van der Waals surface area contributed by atoms with Crippen LogP contribution >= 0.6 is 11.6 Å². The number of carboxylic acid groups (broad SMARTS) is 1. The van der Waals surface area contributed by atoms with Gasteiger partial charge in [0.15, 0.2) is 11.6 Å². The van der Waals surface area contributed by atoms with E-state index in [9.17, 15) is 22.4 Å². The summed E-state index contributed by atoms with van der Waals surface area (Å²) in [7, 11) is 0. The minimum Gasteiger partial charge on any atom is -0.477 e. The van der Waals surface area contributed by atoms with E-state index in [1.807, 2.05) is 0 Å². The highest BCUT2D eigenvalue weighted by atomic mass is 35.5. The Balaban J connectivity index is 3.35. The van der Waals surface area contributed by atoms with Crippen molar-refractivity contribution in [3.63, 3.8) is 0 Å². The highest BCUT2D eigenvalue weighted by Gasteiger charge is 2.35. The van der Waals surface area contributed by atoms with Crippen molar-refractivity contribution >= 4 is 17.6 Å². The Kier molecular flexibility index (Phi) is 3.76. The van der Waals surface area contributed by atoms with E-state index in [4.69, 9.17) is 16.7 Å². The lowest BCUT2D eigenvalue weighted by molar-refractivity contribution is -0.275. The Morgan fingerprint density at radius 2 is 2.12 bits per heavy atom. The van der Waals surface area contributed by atoms with Gasteiger partial charge < -0.3 is 9.84 Å². The number of carboxylic acids is 1. The molecule has 0 aliphatic rings. The first-order chi connectivity index (χ1) is 7.76. The van der Waals surface area contributed by atoms with Gasteiger partial charge in [-0.3, -0.25) is 4.98 Å². The number of alkyl halides is 4. The molecule has 94 valence electrons. The molecule has 0 aliphatic carbocycles. The van der Waals surface area contributed by atoms with Gasteiger partial charge in [-0.05, 0) is 0 Å². The maximum Gasteiger partial charge on any atom is 0.573 e. The maximum atomic E-state index is 13.4. The van der Waals surface area contributed by atoms with E-state index in [0.29, 0.717) is 6.20 Å². The molecule has 0 amide bonds. The summed E-state index contributed by atoms with van der Waals surface area (Å²) in [6, 6.07) is 0. The first-order valence-electron chi connectivity index (χ1n) is 3.98. The Labute approximate surface area is 96.8 Å². The predicted octanol–water partition coefficient (Wildman–Crippen LogP) is 2.56. The molecule has 1 rings (SSSR count). The van der Waals surface area contributed by atoms with Crippen LogP contribution in [0.2, 0.25) is 0 Å². The minimum atomic E-state index is -5.21. The fraction of sp³-hybridized carbons (Fsp3) is 0.250. The van der Waals surface area contributed by atoms with Crippen molar-refractivity contribution in [3.8, 4) is 5.75 Å². The summed E-state index contributed by atoms with van der Waals surface area (Å²) in [4.78, 5) is 13.8. The third-order valence-corrected chi connectivity index (χ3v) is 1.87. The molecule has 0 bridgehead atoms. The summed E-state index contributed by atoms with van der Waals surface area (Å²) < 4.78 is 52.6.